The normalized spacial score (nSPS) is 12.9. The number of benzene rings is 1. The zero-order valence-electron chi connectivity index (χ0n) is 11.4. The Morgan fingerprint density at radius 2 is 1.85 bits per heavy atom. The number of likely N-dealkylation sites (N-methyl/N-ethyl adjacent to an activating group) is 1. The van der Waals surface area contributed by atoms with Gasteiger partial charge in [0, 0.05) is 22.8 Å². The molecule has 2 aromatic rings. The van der Waals surface area contributed by atoms with Crippen LogP contribution in [0.3, 0.4) is 0 Å². The number of aryl methyl sites for hydroxylation is 1. The molecule has 1 heterocycles. The number of rotatable bonds is 5. The van der Waals surface area contributed by atoms with E-state index in [-0.39, 0.29) is 12.1 Å². The Labute approximate surface area is 121 Å². The molecule has 0 aliphatic heterocycles. The van der Waals surface area contributed by atoms with Gasteiger partial charge in [0.15, 0.2) is 0 Å². The van der Waals surface area contributed by atoms with Crippen molar-refractivity contribution in [3.63, 3.8) is 0 Å². The highest BCUT2D eigenvalue weighted by atomic mass is 32.1. The van der Waals surface area contributed by atoms with E-state index in [0.717, 1.165) is 17.0 Å². The van der Waals surface area contributed by atoms with Crippen molar-refractivity contribution in [1.82, 2.24) is 4.90 Å². The van der Waals surface area contributed by atoms with E-state index in [2.05, 4.69) is 0 Å². The van der Waals surface area contributed by atoms with Gasteiger partial charge in [-0.15, -0.1) is 11.3 Å². The van der Waals surface area contributed by atoms with Gasteiger partial charge >= 0.3 is 0 Å². The van der Waals surface area contributed by atoms with Crippen LogP contribution in [0.2, 0.25) is 0 Å². The Morgan fingerprint density at radius 1 is 1.20 bits per heavy atom. The minimum atomic E-state index is -1.18. The molecule has 108 valence electrons. The van der Waals surface area contributed by atoms with E-state index in [1.807, 2.05) is 31.0 Å². The SMILES string of the molecule is Cc1ccc(CN(C)CC(O)c2c(F)cccc2F)s1. The van der Waals surface area contributed by atoms with Crippen LogP contribution in [-0.4, -0.2) is 23.6 Å². The molecule has 0 aliphatic rings. The Kier molecular flexibility index (Phi) is 4.86. The second-order valence-electron chi connectivity index (χ2n) is 4.86. The third-order valence-corrected chi connectivity index (χ3v) is 4.02. The fourth-order valence-electron chi connectivity index (χ4n) is 2.12. The zero-order chi connectivity index (χ0) is 14.7. The molecule has 0 saturated carbocycles. The van der Waals surface area contributed by atoms with Crippen molar-refractivity contribution >= 4 is 11.3 Å². The number of aliphatic hydroxyl groups excluding tert-OH is 1. The highest BCUT2D eigenvalue weighted by Gasteiger charge is 2.19. The molecule has 0 saturated heterocycles. The molecule has 0 bridgehead atoms. The molecular formula is C15H17F2NOS. The zero-order valence-corrected chi connectivity index (χ0v) is 12.3. The Hall–Kier alpha value is -1.30. The van der Waals surface area contributed by atoms with E-state index >= 15 is 0 Å². The molecule has 1 unspecified atom stereocenters. The third-order valence-electron chi connectivity index (χ3n) is 3.04. The van der Waals surface area contributed by atoms with Gasteiger partial charge in [-0.2, -0.15) is 0 Å². The van der Waals surface area contributed by atoms with Gasteiger partial charge in [0.2, 0.25) is 0 Å². The van der Waals surface area contributed by atoms with Crippen molar-refractivity contribution in [3.05, 3.63) is 57.3 Å². The second kappa shape index (κ2) is 6.43. The smallest absolute Gasteiger partial charge is 0.131 e. The summed E-state index contributed by atoms with van der Waals surface area (Å²) < 4.78 is 27.1. The summed E-state index contributed by atoms with van der Waals surface area (Å²) in [4.78, 5) is 4.22. The molecular weight excluding hydrogens is 280 g/mol. The van der Waals surface area contributed by atoms with E-state index < -0.39 is 17.7 Å². The van der Waals surface area contributed by atoms with E-state index in [4.69, 9.17) is 0 Å². The molecule has 2 nitrogen and oxygen atoms in total. The summed E-state index contributed by atoms with van der Waals surface area (Å²) in [7, 11) is 1.82. The van der Waals surface area contributed by atoms with Gasteiger partial charge in [-0.25, -0.2) is 8.78 Å². The van der Waals surface area contributed by atoms with Gasteiger partial charge in [-0.05, 0) is 38.2 Å². The van der Waals surface area contributed by atoms with Crippen LogP contribution in [0.25, 0.3) is 0 Å². The van der Waals surface area contributed by atoms with Crippen LogP contribution in [-0.2, 0) is 6.54 Å². The van der Waals surface area contributed by atoms with E-state index in [9.17, 15) is 13.9 Å². The van der Waals surface area contributed by atoms with Crippen LogP contribution < -0.4 is 0 Å². The molecule has 0 aliphatic carbocycles. The summed E-state index contributed by atoms with van der Waals surface area (Å²) in [5.41, 5.74) is -0.262. The van der Waals surface area contributed by atoms with Crippen molar-refractivity contribution in [2.24, 2.45) is 0 Å². The predicted molar refractivity (Wildman–Crippen MR) is 76.7 cm³/mol. The van der Waals surface area contributed by atoms with Crippen molar-refractivity contribution in [1.29, 1.82) is 0 Å². The topological polar surface area (TPSA) is 23.5 Å². The molecule has 20 heavy (non-hydrogen) atoms. The molecule has 0 spiro atoms. The first-order chi connectivity index (χ1) is 9.47. The lowest BCUT2D eigenvalue weighted by Crippen LogP contribution is -2.25. The van der Waals surface area contributed by atoms with Gasteiger partial charge in [0.25, 0.3) is 0 Å². The van der Waals surface area contributed by atoms with Crippen LogP contribution in [0.1, 0.15) is 21.4 Å². The van der Waals surface area contributed by atoms with E-state index in [0.29, 0.717) is 6.54 Å². The van der Waals surface area contributed by atoms with Crippen LogP contribution >= 0.6 is 11.3 Å². The summed E-state index contributed by atoms with van der Waals surface area (Å²) in [6, 6.07) is 7.65. The average molecular weight is 297 g/mol. The highest BCUT2D eigenvalue weighted by Crippen LogP contribution is 2.22. The molecule has 1 N–H and O–H groups in total. The standard InChI is InChI=1S/C15H17F2NOS/c1-10-6-7-11(20-10)8-18(2)9-14(19)15-12(16)4-3-5-13(15)17/h3-7,14,19H,8-9H2,1-2H3. The van der Waals surface area contributed by atoms with E-state index in [1.54, 1.807) is 11.3 Å². The first-order valence-electron chi connectivity index (χ1n) is 6.33. The first-order valence-corrected chi connectivity index (χ1v) is 7.15. The lowest BCUT2D eigenvalue weighted by molar-refractivity contribution is 0.117. The number of halogens is 2. The van der Waals surface area contributed by atoms with Crippen molar-refractivity contribution in [2.45, 2.75) is 19.6 Å². The van der Waals surface area contributed by atoms with Gasteiger partial charge in [0.1, 0.15) is 11.6 Å². The summed E-state index contributed by atoms with van der Waals surface area (Å²) in [5, 5.41) is 10.0. The average Bonchev–Trinajstić information content (AvgIpc) is 2.74. The first kappa shape index (κ1) is 15.1. The Morgan fingerprint density at radius 3 is 2.40 bits per heavy atom. The van der Waals surface area contributed by atoms with Crippen LogP contribution in [0.15, 0.2) is 30.3 Å². The van der Waals surface area contributed by atoms with Gasteiger partial charge in [-0.3, -0.25) is 4.90 Å². The maximum absolute atomic E-state index is 13.6. The number of thiophene rings is 1. The second-order valence-corrected chi connectivity index (χ2v) is 6.23. The van der Waals surface area contributed by atoms with Crippen molar-refractivity contribution in [2.75, 3.05) is 13.6 Å². The monoisotopic (exact) mass is 297 g/mol. The fraction of sp³-hybridized carbons (Fsp3) is 0.333. The molecule has 0 amide bonds. The van der Waals surface area contributed by atoms with Crippen LogP contribution in [0.5, 0.6) is 0 Å². The molecule has 0 radical (unpaired) electrons. The Bertz CT molecular complexity index is 565. The summed E-state index contributed by atoms with van der Waals surface area (Å²) in [6.45, 7) is 2.85. The Balaban J connectivity index is 2.02. The molecule has 1 aromatic carbocycles. The minimum Gasteiger partial charge on any atom is -0.387 e. The predicted octanol–water partition coefficient (Wildman–Crippen LogP) is 3.50. The number of aliphatic hydroxyl groups is 1. The van der Waals surface area contributed by atoms with Gasteiger partial charge in [-0.1, -0.05) is 6.07 Å². The highest BCUT2D eigenvalue weighted by molar-refractivity contribution is 7.11. The van der Waals surface area contributed by atoms with Crippen molar-refractivity contribution < 1.29 is 13.9 Å². The fourth-order valence-corrected chi connectivity index (χ4v) is 3.09. The van der Waals surface area contributed by atoms with E-state index in [1.165, 1.54) is 10.9 Å². The maximum atomic E-state index is 13.6. The number of hydrogen-bond donors (Lipinski definition) is 1. The molecule has 5 heteroatoms. The lowest BCUT2D eigenvalue weighted by Gasteiger charge is -2.20. The van der Waals surface area contributed by atoms with Gasteiger partial charge in [0.05, 0.1) is 11.7 Å². The largest absolute Gasteiger partial charge is 0.387 e. The van der Waals surface area contributed by atoms with Crippen LogP contribution in [0.4, 0.5) is 8.78 Å². The maximum Gasteiger partial charge on any atom is 0.131 e. The third kappa shape index (κ3) is 3.62. The molecule has 1 atom stereocenters. The minimum absolute atomic E-state index is 0.175. The number of hydrogen-bond acceptors (Lipinski definition) is 3. The summed E-state index contributed by atoms with van der Waals surface area (Å²) in [6.07, 6.45) is -1.18. The van der Waals surface area contributed by atoms with Gasteiger partial charge < -0.3 is 5.11 Å². The molecule has 1 aromatic heterocycles. The lowest BCUT2D eigenvalue weighted by atomic mass is 10.1. The summed E-state index contributed by atoms with van der Waals surface area (Å²) in [5.74, 6) is -1.42. The quantitative estimate of drug-likeness (QED) is 0.913. The van der Waals surface area contributed by atoms with Crippen molar-refractivity contribution in [3.8, 4) is 0 Å². The summed E-state index contributed by atoms with van der Waals surface area (Å²) >= 11 is 1.67. The molecule has 2 rings (SSSR count). The molecule has 0 fully saturated rings. The number of nitrogens with zero attached hydrogens (tertiary/aromatic N) is 1. The van der Waals surface area contributed by atoms with Crippen LogP contribution in [0, 0.1) is 18.6 Å².